The van der Waals surface area contributed by atoms with Crippen molar-refractivity contribution >= 4 is 11.7 Å². The number of urea groups is 1. The molecule has 3 rings (SSSR count). The highest BCUT2D eigenvalue weighted by Crippen LogP contribution is 2.17. The van der Waals surface area contributed by atoms with E-state index in [0.717, 1.165) is 11.4 Å². The van der Waals surface area contributed by atoms with Crippen LogP contribution in [0.2, 0.25) is 0 Å². The number of benzene rings is 2. The number of rotatable bonds is 7. The number of hydrogen-bond donors (Lipinski definition) is 2. The molecule has 2 aromatic carbocycles. The van der Waals surface area contributed by atoms with E-state index in [4.69, 9.17) is 9.47 Å². The van der Waals surface area contributed by atoms with Crippen molar-refractivity contribution in [1.82, 2.24) is 25.5 Å². The van der Waals surface area contributed by atoms with E-state index in [1.807, 2.05) is 31.2 Å². The summed E-state index contributed by atoms with van der Waals surface area (Å²) in [7, 11) is 1.57. The molecule has 0 atom stereocenters. The van der Waals surface area contributed by atoms with E-state index in [1.165, 1.54) is 0 Å². The van der Waals surface area contributed by atoms with Crippen LogP contribution in [-0.4, -0.2) is 40.0 Å². The standard InChI is InChI=1S/C18H20N6O3/c1-3-27-15-9-7-14(8-10-15)24-17(21-22-23-24)12-19-18(25)20-13-5-4-6-16(11-13)26-2/h4-11H,3,12H2,1-2H3,(H2,19,20,25). The number of aromatic nitrogens is 4. The topological polar surface area (TPSA) is 103 Å². The molecule has 2 amide bonds. The number of nitrogens with zero attached hydrogens (tertiary/aromatic N) is 4. The number of anilines is 1. The smallest absolute Gasteiger partial charge is 0.319 e. The lowest BCUT2D eigenvalue weighted by molar-refractivity contribution is 0.251. The fraction of sp³-hybridized carbons (Fsp3) is 0.222. The van der Waals surface area contributed by atoms with Gasteiger partial charge in [0.25, 0.3) is 0 Å². The van der Waals surface area contributed by atoms with Crippen molar-refractivity contribution in [3.63, 3.8) is 0 Å². The van der Waals surface area contributed by atoms with Crippen LogP contribution in [-0.2, 0) is 6.54 Å². The summed E-state index contributed by atoms with van der Waals surface area (Å²) in [5.41, 5.74) is 1.39. The molecule has 2 N–H and O–H groups in total. The van der Waals surface area contributed by atoms with Gasteiger partial charge in [0.05, 0.1) is 25.9 Å². The largest absolute Gasteiger partial charge is 0.497 e. The molecule has 0 aliphatic heterocycles. The van der Waals surface area contributed by atoms with Gasteiger partial charge in [-0.25, -0.2) is 4.79 Å². The minimum atomic E-state index is -0.371. The molecule has 0 fully saturated rings. The molecular formula is C18H20N6O3. The van der Waals surface area contributed by atoms with E-state index in [0.29, 0.717) is 23.9 Å². The zero-order chi connectivity index (χ0) is 19.1. The van der Waals surface area contributed by atoms with Crippen molar-refractivity contribution in [2.24, 2.45) is 0 Å². The molecule has 140 valence electrons. The second-order valence-electron chi connectivity index (χ2n) is 5.47. The summed E-state index contributed by atoms with van der Waals surface area (Å²) in [6, 6.07) is 14.1. The Kier molecular flexibility index (Phi) is 5.83. The van der Waals surface area contributed by atoms with Crippen LogP contribution in [0.3, 0.4) is 0 Å². The third-order valence-corrected chi connectivity index (χ3v) is 3.66. The molecule has 0 spiro atoms. The van der Waals surface area contributed by atoms with E-state index in [1.54, 1.807) is 36.1 Å². The monoisotopic (exact) mass is 368 g/mol. The molecule has 0 aliphatic carbocycles. The number of hydrogen-bond acceptors (Lipinski definition) is 6. The maximum absolute atomic E-state index is 12.1. The SMILES string of the molecule is CCOc1ccc(-n2nnnc2CNC(=O)Nc2cccc(OC)c2)cc1. The Balaban J connectivity index is 1.61. The summed E-state index contributed by atoms with van der Waals surface area (Å²) in [5, 5.41) is 17.1. The normalized spacial score (nSPS) is 10.3. The predicted octanol–water partition coefficient (Wildman–Crippen LogP) is 2.39. The number of carbonyl (C=O) groups is 1. The third kappa shape index (κ3) is 4.72. The summed E-state index contributed by atoms with van der Waals surface area (Å²) in [4.78, 5) is 12.1. The van der Waals surface area contributed by atoms with Gasteiger partial charge in [-0.2, -0.15) is 4.68 Å². The highest BCUT2D eigenvalue weighted by atomic mass is 16.5. The molecule has 0 aliphatic rings. The highest BCUT2D eigenvalue weighted by molar-refractivity contribution is 5.89. The molecular weight excluding hydrogens is 348 g/mol. The van der Waals surface area contributed by atoms with Crippen LogP contribution in [0.1, 0.15) is 12.7 Å². The Hall–Kier alpha value is -3.62. The molecule has 9 nitrogen and oxygen atoms in total. The van der Waals surface area contributed by atoms with Crippen LogP contribution in [0, 0.1) is 0 Å². The maximum Gasteiger partial charge on any atom is 0.319 e. The lowest BCUT2D eigenvalue weighted by Crippen LogP contribution is -2.29. The number of ether oxygens (including phenoxy) is 2. The molecule has 0 saturated heterocycles. The second-order valence-corrected chi connectivity index (χ2v) is 5.47. The minimum Gasteiger partial charge on any atom is -0.497 e. The van der Waals surface area contributed by atoms with Gasteiger partial charge in [-0.1, -0.05) is 6.07 Å². The van der Waals surface area contributed by atoms with Crippen molar-refractivity contribution in [2.45, 2.75) is 13.5 Å². The van der Waals surface area contributed by atoms with Gasteiger partial charge in [0.15, 0.2) is 5.82 Å². The zero-order valence-electron chi connectivity index (χ0n) is 15.0. The number of tetrazole rings is 1. The summed E-state index contributed by atoms with van der Waals surface area (Å²) in [6.45, 7) is 2.69. The Labute approximate surface area is 156 Å². The molecule has 1 aromatic heterocycles. The van der Waals surface area contributed by atoms with Gasteiger partial charge in [0.1, 0.15) is 11.5 Å². The average Bonchev–Trinajstić information content (AvgIpc) is 3.16. The number of nitrogens with one attached hydrogen (secondary N) is 2. The minimum absolute atomic E-state index is 0.163. The Morgan fingerprint density at radius 1 is 1.15 bits per heavy atom. The first-order valence-corrected chi connectivity index (χ1v) is 8.39. The number of methoxy groups -OCH3 is 1. The molecule has 1 heterocycles. The van der Waals surface area contributed by atoms with Crippen LogP contribution in [0.25, 0.3) is 5.69 Å². The summed E-state index contributed by atoms with van der Waals surface area (Å²) < 4.78 is 12.1. The van der Waals surface area contributed by atoms with Crippen LogP contribution in [0.5, 0.6) is 11.5 Å². The summed E-state index contributed by atoms with van der Waals surface area (Å²) >= 11 is 0. The Morgan fingerprint density at radius 3 is 2.70 bits per heavy atom. The van der Waals surface area contributed by atoms with Gasteiger partial charge in [-0.05, 0) is 53.7 Å². The van der Waals surface area contributed by atoms with E-state index in [9.17, 15) is 4.79 Å². The van der Waals surface area contributed by atoms with E-state index in [2.05, 4.69) is 26.2 Å². The fourth-order valence-corrected chi connectivity index (χ4v) is 2.40. The van der Waals surface area contributed by atoms with Crippen molar-refractivity contribution in [3.05, 3.63) is 54.4 Å². The van der Waals surface area contributed by atoms with E-state index < -0.39 is 0 Å². The number of amides is 2. The molecule has 0 radical (unpaired) electrons. The van der Waals surface area contributed by atoms with Crippen molar-refractivity contribution in [3.8, 4) is 17.2 Å². The third-order valence-electron chi connectivity index (χ3n) is 3.66. The predicted molar refractivity (Wildman–Crippen MR) is 99.2 cm³/mol. The first kappa shape index (κ1) is 18.2. The maximum atomic E-state index is 12.1. The molecule has 27 heavy (non-hydrogen) atoms. The fourth-order valence-electron chi connectivity index (χ4n) is 2.40. The van der Waals surface area contributed by atoms with E-state index >= 15 is 0 Å². The van der Waals surface area contributed by atoms with Crippen molar-refractivity contribution in [1.29, 1.82) is 0 Å². The Morgan fingerprint density at radius 2 is 1.96 bits per heavy atom. The lowest BCUT2D eigenvalue weighted by atomic mass is 10.3. The first-order chi connectivity index (χ1) is 13.2. The molecule has 0 unspecified atom stereocenters. The molecule has 0 saturated carbocycles. The summed E-state index contributed by atoms with van der Waals surface area (Å²) in [6.07, 6.45) is 0. The second kappa shape index (κ2) is 8.65. The van der Waals surface area contributed by atoms with Gasteiger partial charge in [0, 0.05) is 11.8 Å². The summed E-state index contributed by atoms with van der Waals surface area (Å²) in [5.74, 6) is 1.93. The van der Waals surface area contributed by atoms with Crippen molar-refractivity contribution in [2.75, 3.05) is 19.0 Å². The van der Waals surface area contributed by atoms with Crippen LogP contribution in [0.15, 0.2) is 48.5 Å². The van der Waals surface area contributed by atoms with Gasteiger partial charge < -0.3 is 20.1 Å². The molecule has 9 heteroatoms. The van der Waals surface area contributed by atoms with Gasteiger partial charge in [-0.3, -0.25) is 0 Å². The zero-order valence-corrected chi connectivity index (χ0v) is 15.0. The lowest BCUT2D eigenvalue weighted by Gasteiger charge is -2.09. The van der Waals surface area contributed by atoms with Gasteiger partial charge >= 0.3 is 6.03 Å². The Bertz CT molecular complexity index is 894. The molecule has 3 aromatic rings. The van der Waals surface area contributed by atoms with Gasteiger partial charge in [0.2, 0.25) is 0 Å². The van der Waals surface area contributed by atoms with E-state index in [-0.39, 0.29) is 12.6 Å². The molecule has 0 bridgehead atoms. The van der Waals surface area contributed by atoms with Crippen LogP contribution < -0.4 is 20.1 Å². The van der Waals surface area contributed by atoms with Gasteiger partial charge in [-0.15, -0.1) is 5.10 Å². The first-order valence-electron chi connectivity index (χ1n) is 8.39. The average molecular weight is 368 g/mol. The quantitative estimate of drug-likeness (QED) is 0.664. The van der Waals surface area contributed by atoms with Crippen molar-refractivity contribution < 1.29 is 14.3 Å². The van der Waals surface area contributed by atoms with Crippen LogP contribution >= 0.6 is 0 Å². The highest BCUT2D eigenvalue weighted by Gasteiger charge is 2.10. The van der Waals surface area contributed by atoms with Crippen LogP contribution in [0.4, 0.5) is 10.5 Å². The number of carbonyl (C=O) groups excluding carboxylic acids is 1.